The third-order valence-corrected chi connectivity index (χ3v) is 4.36. The van der Waals surface area contributed by atoms with Gasteiger partial charge in [-0.25, -0.2) is 4.39 Å². The minimum absolute atomic E-state index is 0. The number of nitrogens with one attached hydrogen (secondary N) is 3. The van der Waals surface area contributed by atoms with Crippen molar-refractivity contribution < 1.29 is 9.18 Å². The lowest BCUT2D eigenvalue weighted by molar-refractivity contribution is -0.116. The molecule has 0 spiro atoms. The van der Waals surface area contributed by atoms with Crippen molar-refractivity contribution in [3.63, 3.8) is 0 Å². The second-order valence-electron chi connectivity index (χ2n) is 6.67. The van der Waals surface area contributed by atoms with Gasteiger partial charge in [0.1, 0.15) is 5.82 Å². The van der Waals surface area contributed by atoms with E-state index in [1.807, 2.05) is 44.2 Å². The molecule has 0 atom stereocenters. The van der Waals surface area contributed by atoms with E-state index in [-0.39, 0.29) is 35.7 Å². The zero-order chi connectivity index (χ0) is 20.4. The molecule has 0 aliphatic heterocycles. The maximum absolute atomic E-state index is 13.2. The second kappa shape index (κ2) is 13.1. The third kappa shape index (κ3) is 8.81. The van der Waals surface area contributed by atoms with Crippen LogP contribution in [0.25, 0.3) is 0 Å². The molecule has 0 aliphatic rings. The van der Waals surface area contributed by atoms with Gasteiger partial charge >= 0.3 is 0 Å². The highest BCUT2D eigenvalue weighted by Crippen LogP contribution is 2.12. The number of carbonyl (C=O) groups is 1. The molecule has 2 rings (SSSR count). The maximum atomic E-state index is 13.2. The van der Waals surface area contributed by atoms with Crippen LogP contribution in [0.2, 0.25) is 0 Å². The molecule has 29 heavy (non-hydrogen) atoms. The summed E-state index contributed by atoms with van der Waals surface area (Å²) in [6.45, 7) is 5.18. The van der Waals surface area contributed by atoms with Gasteiger partial charge in [0, 0.05) is 32.2 Å². The van der Waals surface area contributed by atoms with Gasteiger partial charge in [-0.05, 0) is 60.7 Å². The quantitative estimate of drug-likeness (QED) is 0.279. The molecule has 0 aromatic heterocycles. The molecule has 0 radical (unpaired) electrons. The van der Waals surface area contributed by atoms with Crippen LogP contribution in [0.3, 0.4) is 0 Å². The van der Waals surface area contributed by atoms with Gasteiger partial charge in [-0.1, -0.05) is 25.1 Å². The van der Waals surface area contributed by atoms with Gasteiger partial charge in [0.2, 0.25) is 5.91 Å². The Morgan fingerprint density at radius 3 is 2.62 bits per heavy atom. The molecule has 2 aromatic rings. The lowest BCUT2D eigenvalue weighted by Crippen LogP contribution is -2.37. The first kappa shape index (κ1) is 24.9. The fourth-order valence-electron chi connectivity index (χ4n) is 2.87. The van der Waals surface area contributed by atoms with Crippen molar-refractivity contribution in [2.24, 2.45) is 4.99 Å². The van der Waals surface area contributed by atoms with Crippen LogP contribution in [0, 0.1) is 12.7 Å². The molecule has 5 nitrogen and oxygen atoms in total. The van der Waals surface area contributed by atoms with E-state index in [0.717, 1.165) is 35.2 Å². The number of anilines is 1. The maximum Gasteiger partial charge on any atom is 0.224 e. The van der Waals surface area contributed by atoms with Gasteiger partial charge in [0.15, 0.2) is 5.96 Å². The molecule has 0 saturated carbocycles. The van der Waals surface area contributed by atoms with E-state index in [9.17, 15) is 9.18 Å². The molecule has 0 saturated heterocycles. The summed E-state index contributed by atoms with van der Waals surface area (Å²) in [6.07, 6.45) is 2.13. The Hall–Kier alpha value is -2.16. The molecule has 0 aliphatic carbocycles. The van der Waals surface area contributed by atoms with E-state index < -0.39 is 0 Å². The number of benzene rings is 2. The number of guanidine groups is 1. The van der Waals surface area contributed by atoms with Crippen LogP contribution in [-0.2, 0) is 17.8 Å². The van der Waals surface area contributed by atoms with Crippen molar-refractivity contribution in [1.29, 1.82) is 0 Å². The molecular weight excluding hydrogens is 482 g/mol. The summed E-state index contributed by atoms with van der Waals surface area (Å²) in [4.78, 5) is 16.0. The van der Waals surface area contributed by atoms with Crippen LogP contribution in [0.4, 0.5) is 10.1 Å². The summed E-state index contributed by atoms with van der Waals surface area (Å²) in [5.74, 6) is 0.515. The predicted octanol–water partition coefficient (Wildman–Crippen LogP) is 4.40. The number of hydrogen-bond donors (Lipinski definition) is 3. The fraction of sp³-hybridized carbons (Fsp3) is 0.364. The molecule has 0 unspecified atom stereocenters. The van der Waals surface area contributed by atoms with Crippen LogP contribution < -0.4 is 16.0 Å². The monoisotopic (exact) mass is 512 g/mol. The molecule has 1 amide bonds. The largest absolute Gasteiger partial charge is 0.356 e. The van der Waals surface area contributed by atoms with Gasteiger partial charge in [0.05, 0.1) is 0 Å². The molecule has 0 heterocycles. The number of halogens is 2. The van der Waals surface area contributed by atoms with Crippen molar-refractivity contribution in [1.82, 2.24) is 10.6 Å². The Balaban J connectivity index is 0.00000420. The summed E-state index contributed by atoms with van der Waals surface area (Å²) >= 11 is 0. The average molecular weight is 512 g/mol. The predicted molar refractivity (Wildman–Crippen MR) is 128 cm³/mol. The normalized spacial score (nSPS) is 10.8. The smallest absolute Gasteiger partial charge is 0.224 e. The SMILES string of the molecule is CCCC(=O)Nc1cccc(CNC(=NC)NCCc2ccc(F)cc2C)c1.I. The number of amides is 1. The molecule has 7 heteroatoms. The Bertz CT molecular complexity index is 826. The molecule has 0 fully saturated rings. The van der Waals surface area contributed by atoms with Crippen molar-refractivity contribution in [3.8, 4) is 0 Å². The van der Waals surface area contributed by atoms with E-state index in [1.165, 1.54) is 6.07 Å². The van der Waals surface area contributed by atoms with Gasteiger partial charge in [-0.15, -0.1) is 24.0 Å². The van der Waals surface area contributed by atoms with E-state index in [2.05, 4.69) is 20.9 Å². The summed E-state index contributed by atoms with van der Waals surface area (Å²) in [6, 6.07) is 12.6. The van der Waals surface area contributed by atoms with Crippen LogP contribution in [-0.4, -0.2) is 25.5 Å². The van der Waals surface area contributed by atoms with Crippen LogP contribution >= 0.6 is 24.0 Å². The third-order valence-electron chi connectivity index (χ3n) is 4.36. The van der Waals surface area contributed by atoms with Gasteiger partial charge < -0.3 is 16.0 Å². The van der Waals surface area contributed by atoms with Crippen molar-refractivity contribution in [2.75, 3.05) is 18.9 Å². The summed E-state index contributed by atoms with van der Waals surface area (Å²) in [7, 11) is 1.72. The van der Waals surface area contributed by atoms with Gasteiger partial charge in [-0.2, -0.15) is 0 Å². The number of hydrogen-bond acceptors (Lipinski definition) is 2. The minimum Gasteiger partial charge on any atom is -0.356 e. The number of aliphatic imine (C=N–C) groups is 1. The van der Waals surface area contributed by atoms with Crippen LogP contribution in [0.15, 0.2) is 47.5 Å². The zero-order valence-corrected chi connectivity index (χ0v) is 19.5. The Morgan fingerprint density at radius 2 is 1.93 bits per heavy atom. The van der Waals surface area contributed by atoms with E-state index in [1.54, 1.807) is 13.1 Å². The highest BCUT2D eigenvalue weighted by Gasteiger charge is 2.04. The van der Waals surface area contributed by atoms with Crippen LogP contribution in [0.5, 0.6) is 0 Å². The molecule has 3 N–H and O–H groups in total. The molecule has 2 aromatic carbocycles. The van der Waals surface area contributed by atoms with Gasteiger partial charge in [-0.3, -0.25) is 9.79 Å². The highest BCUT2D eigenvalue weighted by atomic mass is 127. The Labute approximate surface area is 189 Å². The van der Waals surface area contributed by atoms with Crippen molar-refractivity contribution in [3.05, 3.63) is 65.0 Å². The molecular formula is C22H30FIN4O. The second-order valence-corrected chi connectivity index (χ2v) is 6.67. The fourth-order valence-corrected chi connectivity index (χ4v) is 2.87. The summed E-state index contributed by atoms with van der Waals surface area (Å²) < 4.78 is 13.2. The van der Waals surface area contributed by atoms with Crippen molar-refractivity contribution >= 4 is 41.5 Å². The number of nitrogens with zero attached hydrogens (tertiary/aromatic N) is 1. The standard InChI is InChI=1S/C22H29FN4O.HI/c1-4-6-21(28)27-20-8-5-7-17(14-20)15-26-22(24-3)25-12-11-18-9-10-19(23)13-16(18)2;/h5,7-10,13-14H,4,6,11-12,15H2,1-3H3,(H,27,28)(H2,24,25,26);1H. The zero-order valence-electron chi connectivity index (χ0n) is 17.2. The first-order valence-electron chi connectivity index (χ1n) is 9.60. The number of aryl methyl sites for hydroxylation is 1. The van der Waals surface area contributed by atoms with Crippen LogP contribution in [0.1, 0.15) is 36.5 Å². The van der Waals surface area contributed by atoms with E-state index in [4.69, 9.17) is 0 Å². The average Bonchev–Trinajstić information content (AvgIpc) is 2.66. The number of carbonyl (C=O) groups excluding carboxylic acids is 1. The molecule has 158 valence electrons. The first-order chi connectivity index (χ1) is 13.5. The van der Waals surface area contributed by atoms with E-state index >= 15 is 0 Å². The number of rotatable bonds is 8. The Kier molecular flexibility index (Phi) is 11.3. The Morgan fingerprint density at radius 1 is 1.14 bits per heavy atom. The van der Waals surface area contributed by atoms with E-state index in [0.29, 0.717) is 25.5 Å². The highest BCUT2D eigenvalue weighted by molar-refractivity contribution is 14.0. The lowest BCUT2D eigenvalue weighted by atomic mass is 10.1. The first-order valence-corrected chi connectivity index (χ1v) is 9.60. The minimum atomic E-state index is -0.209. The summed E-state index contributed by atoms with van der Waals surface area (Å²) in [5.41, 5.74) is 3.91. The van der Waals surface area contributed by atoms with Crippen molar-refractivity contribution in [2.45, 2.75) is 39.7 Å². The van der Waals surface area contributed by atoms with Gasteiger partial charge in [0.25, 0.3) is 0 Å². The molecule has 0 bridgehead atoms. The topological polar surface area (TPSA) is 65.5 Å². The summed E-state index contributed by atoms with van der Waals surface area (Å²) in [5, 5.41) is 9.44. The lowest BCUT2D eigenvalue weighted by Gasteiger charge is -2.13.